The fraction of sp³-hybridized carbons (Fsp3) is 0.458. The molecule has 9 heteroatoms. The van der Waals surface area contributed by atoms with Crippen molar-refractivity contribution >= 4 is 17.5 Å². The van der Waals surface area contributed by atoms with Crippen LogP contribution in [0.25, 0.3) is 11.6 Å². The van der Waals surface area contributed by atoms with Gasteiger partial charge >= 0.3 is 0 Å². The van der Waals surface area contributed by atoms with Crippen LogP contribution >= 0.6 is 0 Å². The van der Waals surface area contributed by atoms with E-state index in [0.717, 1.165) is 37.0 Å². The molecule has 0 spiro atoms. The van der Waals surface area contributed by atoms with Crippen LogP contribution in [0.3, 0.4) is 0 Å². The molecule has 1 saturated carbocycles. The van der Waals surface area contributed by atoms with Gasteiger partial charge in [0.25, 0.3) is 5.91 Å². The second-order valence-electron chi connectivity index (χ2n) is 8.57. The molecule has 2 aromatic heterocycles. The lowest BCUT2D eigenvalue weighted by Gasteiger charge is -2.31. The zero-order valence-corrected chi connectivity index (χ0v) is 19.3. The maximum absolute atomic E-state index is 13.5. The predicted octanol–water partition coefficient (Wildman–Crippen LogP) is 3.42. The van der Waals surface area contributed by atoms with Crippen LogP contribution in [0.2, 0.25) is 0 Å². The van der Waals surface area contributed by atoms with Crippen LogP contribution in [0, 0.1) is 13.8 Å². The predicted molar refractivity (Wildman–Crippen MR) is 123 cm³/mol. The first-order valence-corrected chi connectivity index (χ1v) is 11.5. The molecule has 2 amide bonds. The zero-order valence-electron chi connectivity index (χ0n) is 19.3. The molecule has 1 unspecified atom stereocenters. The van der Waals surface area contributed by atoms with Gasteiger partial charge in [0.2, 0.25) is 11.7 Å². The summed E-state index contributed by atoms with van der Waals surface area (Å²) >= 11 is 0. The Morgan fingerprint density at radius 2 is 2.00 bits per heavy atom. The number of carbonyl (C=O) groups is 2. The molecule has 0 saturated heterocycles. The fourth-order valence-electron chi connectivity index (χ4n) is 4.29. The van der Waals surface area contributed by atoms with E-state index in [0.29, 0.717) is 23.7 Å². The molecule has 4 rings (SSSR count). The molecule has 33 heavy (non-hydrogen) atoms. The molecule has 1 aromatic carbocycles. The highest BCUT2D eigenvalue weighted by Gasteiger charge is 2.32. The van der Waals surface area contributed by atoms with E-state index in [9.17, 15) is 9.59 Å². The maximum atomic E-state index is 13.5. The number of carbonyl (C=O) groups excluding carboxylic acids is 2. The third-order valence-corrected chi connectivity index (χ3v) is 5.94. The normalized spacial score (nSPS) is 14.9. The molecule has 0 aliphatic heterocycles. The summed E-state index contributed by atoms with van der Waals surface area (Å²) in [5.74, 6) is 1.13. The van der Waals surface area contributed by atoms with Crippen molar-refractivity contribution in [2.45, 2.75) is 71.5 Å². The summed E-state index contributed by atoms with van der Waals surface area (Å²) in [4.78, 5) is 29.5. The molecule has 1 aliphatic carbocycles. The van der Waals surface area contributed by atoms with Gasteiger partial charge in [-0.2, -0.15) is 4.80 Å². The number of nitrogens with zero attached hydrogens (tertiary/aromatic N) is 5. The molecule has 2 heterocycles. The lowest BCUT2D eigenvalue weighted by molar-refractivity contribution is -0.127. The first-order chi connectivity index (χ1) is 15.9. The Morgan fingerprint density at radius 1 is 1.21 bits per heavy atom. The van der Waals surface area contributed by atoms with Gasteiger partial charge in [0, 0.05) is 11.7 Å². The van der Waals surface area contributed by atoms with Crippen molar-refractivity contribution < 1.29 is 14.0 Å². The van der Waals surface area contributed by atoms with E-state index in [-0.39, 0.29) is 24.4 Å². The van der Waals surface area contributed by atoms with Crippen molar-refractivity contribution in [2.24, 2.45) is 0 Å². The maximum Gasteiger partial charge on any atom is 0.251 e. The van der Waals surface area contributed by atoms with Crippen LogP contribution in [0.1, 0.15) is 50.4 Å². The van der Waals surface area contributed by atoms with Gasteiger partial charge in [-0.1, -0.05) is 31.9 Å². The van der Waals surface area contributed by atoms with Crippen molar-refractivity contribution in [1.29, 1.82) is 0 Å². The third kappa shape index (κ3) is 5.30. The molecule has 1 N–H and O–H groups in total. The van der Waals surface area contributed by atoms with E-state index in [1.165, 1.54) is 4.80 Å². The summed E-state index contributed by atoms with van der Waals surface area (Å²) in [5, 5.41) is 15.5. The number of aryl methyl sites for hydroxylation is 2. The highest BCUT2D eigenvalue weighted by atomic mass is 16.3. The number of hydrogen-bond donors (Lipinski definition) is 1. The Hall–Kier alpha value is -3.49. The van der Waals surface area contributed by atoms with Gasteiger partial charge in [-0.25, -0.2) is 0 Å². The lowest BCUT2D eigenvalue weighted by Crippen LogP contribution is -2.52. The van der Waals surface area contributed by atoms with E-state index < -0.39 is 6.04 Å². The van der Waals surface area contributed by atoms with Gasteiger partial charge in [0.1, 0.15) is 18.3 Å². The van der Waals surface area contributed by atoms with E-state index in [1.54, 1.807) is 11.0 Å². The van der Waals surface area contributed by atoms with Gasteiger partial charge in [-0.05, 0) is 68.2 Å². The van der Waals surface area contributed by atoms with E-state index in [4.69, 9.17) is 4.42 Å². The second-order valence-corrected chi connectivity index (χ2v) is 8.57. The number of anilines is 1. The Labute approximate surface area is 193 Å². The van der Waals surface area contributed by atoms with Crippen molar-refractivity contribution in [3.63, 3.8) is 0 Å². The number of benzene rings is 1. The molecule has 174 valence electrons. The average molecular weight is 451 g/mol. The molecule has 3 aromatic rings. The first kappa shape index (κ1) is 22.7. The van der Waals surface area contributed by atoms with E-state index in [1.807, 2.05) is 51.1 Å². The number of rotatable bonds is 8. The van der Waals surface area contributed by atoms with Gasteiger partial charge in [-0.15, -0.1) is 10.2 Å². The molecule has 1 fully saturated rings. The molecular formula is C24H30N6O3. The molecule has 9 nitrogen and oxygen atoms in total. The summed E-state index contributed by atoms with van der Waals surface area (Å²) < 4.78 is 5.54. The minimum atomic E-state index is -0.629. The van der Waals surface area contributed by atoms with Gasteiger partial charge < -0.3 is 9.73 Å². The summed E-state index contributed by atoms with van der Waals surface area (Å²) in [6, 6.07) is 10.7. The number of furan rings is 1. The number of amides is 2. The molecule has 0 bridgehead atoms. The standard InChI is InChI=1S/C24H30N6O3/c1-4-20(24(32)25-18-9-5-6-10-18)30(19-11-7-8-16(2)14-19)22(31)15-29-27-23(26-28-29)21-13-12-17(3)33-21/h7-8,11-14,18,20H,4-6,9-10,15H2,1-3H3,(H,25,32). The molecule has 1 aliphatic rings. The molecule has 0 radical (unpaired) electrons. The summed E-state index contributed by atoms with van der Waals surface area (Å²) in [7, 11) is 0. The van der Waals surface area contributed by atoms with Gasteiger partial charge in [0.15, 0.2) is 5.76 Å². The van der Waals surface area contributed by atoms with Crippen LogP contribution in [0.5, 0.6) is 0 Å². The summed E-state index contributed by atoms with van der Waals surface area (Å²) in [6.07, 6.45) is 4.70. The van der Waals surface area contributed by atoms with Crippen molar-refractivity contribution in [3.05, 3.63) is 47.7 Å². The SMILES string of the molecule is CCC(C(=O)NC1CCCC1)N(C(=O)Cn1nnc(-c2ccc(C)o2)n1)c1cccc(C)c1. The van der Waals surface area contributed by atoms with Crippen molar-refractivity contribution in [1.82, 2.24) is 25.5 Å². The summed E-state index contributed by atoms with van der Waals surface area (Å²) in [5.41, 5.74) is 1.68. The summed E-state index contributed by atoms with van der Waals surface area (Å²) in [6.45, 7) is 5.56. The Balaban J connectivity index is 1.58. The number of tetrazole rings is 1. The number of hydrogen-bond acceptors (Lipinski definition) is 6. The fourth-order valence-corrected chi connectivity index (χ4v) is 4.29. The first-order valence-electron chi connectivity index (χ1n) is 11.5. The van der Waals surface area contributed by atoms with Crippen LogP contribution < -0.4 is 10.2 Å². The molecular weight excluding hydrogens is 420 g/mol. The minimum Gasteiger partial charge on any atom is -0.458 e. The Kier molecular flexibility index (Phi) is 6.86. The quantitative estimate of drug-likeness (QED) is 0.564. The van der Waals surface area contributed by atoms with Crippen LogP contribution in [-0.2, 0) is 16.1 Å². The highest BCUT2D eigenvalue weighted by Crippen LogP contribution is 2.23. The second kappa shape index (κ2) is 9.97. The lowest BCUT2D eigenvalue weighted by atomic mass is 10.1. The van der Waals surface area contributed by atoms with Crippen molar-refractivity contribution in [3.8, 4) is 11.6 Å². The third-order valence-electron chi connectivity index (χ3n) is 5.94. The monoisotopic (exact) mass is 450 g/mol. The zero-order chi connectivity index (χ0) is 23.4. The van der Waals surface area contributed by atoms with Crippen LogP contribution in [0.15, 0.2) is 40.8 Å². The van der Waals surface area contributed by atoms with Crippen LogP contribution in [0.4, 0.5) is 5.69 Å². The average Bonchev–Trinajstić information content (AvgIpc) is 3.54. The number of aromatic nitrogens is 4. The number of nitrogens with one attached hydrogen (secondary N) is 1. The minimum absolute atomic E-state index is 0.127. The Bertz CT molecular complexity index is 1110. The van der Waals surface area contributed by atoms with E-state index in [2.05, 4.69) is 20.7 Å². The largest absolute Gasteiger partial charge is 0.458 e. The highest BCUT2D eigenvalue weighted by molar-refractivity contribution is 6.00. The Morgan fingerprint density at radius 3 is 2.67 bits per heavy atom. The molecule has 1 atom stereocenters. The topological polar surface area (TPSA) is 106 Å². The van der Waals surface area contributed by atoms with Gasteiger partial charge in [0.05, 0.1) is 0 Å². The smallest absolute Gasteiger partial charge is 0.251 e. The van der Waals surface area contributed by atoms with Crippen molar-refractivity contribution in [2.75, 3.05) is 4.90 Å². The van der Waals surface area contributed by atoms with Crippen LogP contribution in [-0.4, -0.2) is 44.1 Å². The van der Waals surface area contributed by atoms with E-state index >= 15 is 0 Å². The van der Waals surface area contributed by atoms with Gasteiger partial charge in [-0.3, -0.25) is 14.5 Å².